The number of rotatable bonds is 1. The average Bonchev–Trinajstić information content (AvgIpc) is 2.81. The molecule has 1 saturated heterocycles. The molecule has 4 nitrogen and oxygen atoms in total. The third-order valence-electron chi connectivity index (χ3n) is 4.19. The molecule has 96 valence electrons. The number of hydrogen-bond acceptors (Lipinski definition) is 4. The number of hydrogen-bond donors (Lipinski definition) is 0. The Kier molecular flexibility index (Phi) is 2.64. The molecule has 18 heavy (non-hydrogen) atoms. The van der Waals surface area contributed by atoms with Crippen LogP contribution in [-0.2, 0) is 5.54 Å². The maximum Gasteiger partial charge on any atom is 0.181 e. The summed E-state index contributed by atoms with van der Waals surface area (Å²) in [5.41, 5.74) is 3.12. The van der Waals surface area contributed by atoms with Crippen molar-refractivity contribution in [2.75, 3.05) is 33.7 Å². The molecule has 1 fully saturated rings. The lowest BCUT2D eigenvalue weighted by atomic mass is 9.88. The molecule has 3 rings (SSSR count). The van der Waals surface area contributed by atoms with Crippen molar-refractivity contribution in [1.29, 1.82) is 0 Å². The fourth-order valence-corrected chi connectivity index (χ4v) is 2.79. The van der Waals surface area contributed by atoms with Crippen molar-refractivity contribution in [2.45, 2.75) is 12.5 Å². The fraction of sp³-hybridized carbons (Fsp3) is 0.500. The monoisotopic (exact) mass is 245 g/mol. The van der Waals surface area contributed by atoms with Crippen molar-refractivity contribution in [1.82, 2.24) is 14.8 Å². The second kappa shape index (κ2) is 4.07. The van der Waals surface area contributed by atoms with Crippen molar-refractivity contribution in [2.24, 2.45) is 0 Å². The Hall–Kier alpha value is -1.39. The van der Waals surface area contributed by atoms with Crippen LogP contribution in [0.2, 0.25) is 0 Å². The topological polar surface area (TPSA) is 32.5 Å². The highest BCUT2D eigenvalue weighted by molar-refractivity contribution is 5.73. The highest BCUT2D eigenvalue weighted by atomic mass is 16.3. The minimum absolute atomic E-state index is 0.0357. The molecule has 1 aromatic heterocycles. The van der Waals surface area contributed by atoms with Gasteiger partial charge in [-0.2, -0.15) is 0 Å². The van der Waals surface area contributed by atoms with Crippen LogP contribution in [-0.4, -0.2) is 48.5 Å². The van der Waals surface area contributed by atoms with E-state index in [1.54, 1.807) is 0 Å². The first kappa shape index (κ1) is 11.7. The van der Waals surface area contributed by atoms with E-state index < -0.39 is 0 Å². The van der Waals surface area contributed by atoms with Gasteiger partial charge in [-0.3, -0.25) is 4.90 Å². The van der Waals surface area contributed by atoms with Crippen LogP contribution in [0.15, 0.2) is 29.0 Å². The van der Waals surface area contributed by atoms with Crippen LogP contribution in [0.25, 0.3) is 11.1 Å². The first-order valence-corrected chi connectivity index (χ1v) is 6.33. The van der Waals surface area contributed by atoms with Gasteiger partial charge in [0.05, 0.1) is 5.54 Å². The Labute approximate surface area is 107 Å². The lowest BCUT2D eigenvalue weighted by Gasteiger charge is -2.46. The molecule has 1 aliphatic rings. The van der Waals surface area contributed by atoms with Crippen LogP contribution >= 0.6 is 0 Å². The fourth-order valence-electron chi connectivity index (χ4n) is 2.79. The zero-order valence-electron chi connectivity index (χ0n) is 11.2. The molecular weight excluding hydrogens is 226 g/mol. The predicted molar refractivity (Wildman–Crippen MR) is 71.5 cm³/mol. The number of nitrogens with zero attached hydrogens (tertiary/aromatic N) is 3. The van der Waals surface area contributed by atoms with E-state index in [1.165, 1.54) is 12.0 Å². The summed E-state index contributed by atoms with van der Waals surface area (Å²) in [6.07, 6.45) is 1.51. The van der Waals surface area contributed by atoms with Gasteiger partial charge in [0.25, 0.3) is 0 Å². The number of fused-ring (bicyclic) bond motifs is 1. The van der Waals surface area contributed by atoms with Crippen molar-refractivity contribution in [3.05, 3.63) is 30.2 Å². The Morgan fingerprint density at radius 1 is 1.28 bits per heavy atom. The summed E-state index contributed by atoms with van der Waals surface area (Å²) >= 11 is 0. The third kappa shape index (κ3) is 1.72. The Bertz CT molecular complexity index is 565. The highest BCUT2D eigenvalue weighted by Gasteiger charge is 2.36. The second-order valence-electron chi connectivity index (χ2n) is 5.47. The smallest absolute Gasteiger partial charge is 0.181 e. The molecule has 2 heterocycles. The zero-order valence-corrected chi connectivity index (χ0v) is 11.2. The van der Waals surface area contributed by atoms with Crippen LogP contribution < -0.4 is 0 Å². The van der Waals surface area contributed by atoms with Gasteiger partial charge < -0.3 is 9.32 Å². The SMILES string of the molecule is CN1CCN(C)C(C)(c2ccc3ncoc3c2)C1. The Morgan fingerprint density at radius 2 is 2.11 bits per heavy atom. The molecular formula is C14H19N3O. The van der Waals surface area contributed by atoms with Crippen LogP contribution in [0.3, 0.4) is 0 Å². The first-order valence-electron chi connectivity index (χ1n) is 6.33. The molecule has 0 aliphatic carbocycles. The summed E-state index contributed by atoms with van der Waals surface area (Å²) in [6, 6.07) is 6.33. The van der Waals surface area contributed by atoms with Crippen molar-refractivity contribution >= 4 is 11.1 Å². The second-order valence-corrected chi connectivity index (χ2v) is 5.47. The third-order valence-corrected chi connectivity index (χ3v) is 4.19. The van der Waals surface area contributed by atoms with E-state index in [0.717, 1.165) is 30.7 Å². The molecule has 0 N–H and O–H groups in total. The standard InChI is InChI=1S/C14H19N3O/c1-14(9-16(2)6-7-17(14)3)11-4-5-12-13(8-11)18-10-15-12/h4-5,8,10H,6-7,9H2,1-3H3. The van der Waals surface area contributed by atoms with Crippen molar-refractivity contribution in [3.8, 4) is 0 Å². The van der Waals surface area contributed by atoms with E-state index in [4.69, 9.17) is 4.42 Å². The molecule has 1 aliphatic heterocycles. The average molecular weight is 245 g/mol. The van der Waals surface area contributed by atoms with E-state index in [2.05, 4.69) is 47.9 Å². The molecule has 0 saturated carbocycles. The molecule has 0 bridgehead atoms. The summed E-state index contributed by atoms with van der Waals surface area (Å²) in [6.45, 7) is 5.53. The van der Waals surface area contributed by atoms with Crippen LogP contribution in [0.4, 0.5) is 0 Å². The van der Waals surface area contributed by atoms with Gasteiger partial charge in [-0.1, -0.05) is 6.07 Å². The van der Waals surface area contributed by atoms with Gasteiger partial charge >= 0.3 is 0 Å². The van der Waals surface area contributed by atoms with Gasteiger partial charge in [-0.25, -0.2) is 4.98 Å². The summed E-state index contributed by atoms with van der Waals surface area (Å²) < 4.78 is 5.41. The van der Waals surface area contributed by atoms with Crippen LogP contribution in [0.1, 0.15) is 12.5 Å². The first-order chi connectivity index (χ1) is 8.59. The van der Waals surface area contributed by atoms with Gasteiger partial charge in [0.1, 0.15) is 5.52 Å². The van der Waals surface area contributed by atoms with Crippen molar-refractivity contribution < 1.29 is 4.42 Å². The van der Waals surface area contributed by atoms with E-state index in [9.17, 15) is 0 Å². The highest BCUT2D eigenvalue weighted by Crippen LogP contribution is 2.32. The normalized spacial score (nSPS) is 26.8. The van der Waals surface area contributed by atoms with Gasteiger partial charge in [0.2, 0.25) is 0 Å². The number of aromatic nitrogens is 1. The van der Waals surface area contributed by atoms with E-state index in [-0.39, 0.29) is 5.54 Å². The molecule has 0 spiro atoms. The van der Waals surface area contributed by atoms with Gasteiger partial charge in [-0.05, 0) is 38.7 Å². The van der Waals surface area contributed by atoms with Gasteiger partial charge in [0, 0.05) is 19.6 Å². The van der Waals surface area contributed by atoms with E-state index >= 15 is 0 Å². The number of likely N-dealkylation sites (N-methyl/N-ethyl adjacent to an activating group) is 2. The number of piperazine rings is 1. The number of oxazole rings is 1. The zero-order chi connectivity index (χ0) is 12.8. The molecule has 1 atom stereocenters. The van der Waals surface area contributed by atoms with E-state index in [0.29, 0.717) is 0 Å². The van der Waals surface area contributed by atoms with Gasteiger partial charge in [0.15, 0.2) is 12.0 Å². The maximum atomic E-state index is 5.41. The Balaban J connectivity index is 2.05. The molecule has 0 radical (unpaired) electrons. The lowest BCUT2D eigenvalue weighted by Crippen LogP contribution is -2.56. The van der Waals surface area contributed by atoms with Crippen LogP contribution in [0.5, 0.6) is 0 Å². The van der Waals surface area contributed by atoms with Gasteiger partial charge in [-0.15, -0.1) is 0 Å². The minimum atomic E-state index is 0.0357. The summed E-state index contributed by atoms with van der Waals surface area (Å²) in [7, 11) is 4.37. The van der Waals surface area contributed by atoms with Crippen LogP contribution in [0, 0.1) is 0 Å². The summed E-state index contributed by atoms with van der Waals surface area (Å²) in [4.78, 5) is 8.97. The Morgan fingerprint density at radius 3 is 2.94 bits per heavy atom. The molecule has 2 aromatic rings. The summed E-state index contributed by atoms with van der Waals surface area (Å²) in [5.74, 6) is 0. The lowest BCUT2D eigenvalue weighted by molar-refractivity contribution is 0.0380. The number of benzene rings is 1. The summed E-state index contributed by atoms with van der Waals surface area (Å²) in [5, 5.41) is 0. The van der Waals surface area contributed by atoms with Crippen molar-refractivity contribution in [3.63, 3.8) is 0 Å². The quantitative estimate of drug-likeness (QED) is 0.768. The maximum absolute atomic E-state index is 5.41. The molecule has 4 heteroatoms. The largest absolute Gasteiger partial charge is 0.443 e. The molecule has 0 amide bonds. The van der Waals surface area contributed by atoms with E-state index in [1.807, 2.05) is 6.07 Å². The minimum Gasteiger partial charge on any atom is -0.443 e. The predicted octanol–water partition coefficient (Wildman–Crippen LogP) is 1.92. The molecule has 1 aromatic carbocycles. The molecule has 1 unspecified atom stereocenters.